The zero-order valence-electron chi connectivity index (χ0n) is 12.8. The number of methoxy groups -OCH3 is 1. The Hall–Kier alpha value is -2.29. The summed E-state index contributed by atoms with van der Waals surface area (Å²) in [5.74, 6) is 0.513. The molecule has 0 aliphatic heterocycles. The lowest BCUT2D eigenvalue weighted by molar-refractivity contribution is 0.0600. The molecule has 0 saturated heterocycles. The van der Waals surface area contributed by atoms with Gasteiger partial charge in [-0.1, -0.05) is 30.3 Å². The van der Waals surface area contributed by atoms with Gasteiger partial charge in [0.05, 0.1) is 12.7 Å². The molecular weight excluding hydrogens is 276 g/mol. The van der Waals surface area contributed by atoms with Gasteiger partial charge in [0.25, 0.3) is 0 Å². The predicted molar refractivity (Wildman–Crippen MR) is 85.2 cm³/mol. The molecule has 3 heteroatoms. The average Bonchev–Trinajstić information content (AvgIpc) is 2.59. The molecular formula is C19H20O3. The van der Waals surface area contributed by atoms with Crippen molar-refractivity contribution >= 4 is 5.97 Å². The van der Waals surface area contributed by atoms with Crippen molar-refractivity contribution in [3.63, 3.8) is 0 Å². The number of ether oxygens (including phenoxy) is 2. The molecule has 0 atom stereocenters. The summed E-state index contributed by atoms with van der Waals surface area (Å²) in [6, 6.07) is 13.8. The molecule has 0 amide bonds. The zero-order chi connectivity index (χ0) is 15.4. The van der Waals surface area contributed by atoms with Crippen LogP contribution in [0.2, 0.25) is 0 Å². The summed E-state index contributed by atoms with van der Waals surface area (Å²) in [6.45, 7) is 0.512. The van der Waals surface area contributed by atoms with Crippen LogP contribution in [-0.4, -0.2) is 13.1 Å². The molecule has 3 rings (SSSR count). The molecule has 0 heterocycles. The number of hydrogen-bond donors (Lipinski definition) is 0. The highest BCUT2D eigenvalue weighted by Gasteiger charge is 2.18. The van der Waals surface area contributed by atoms with E-state index >= 15 is 0 Å². The lowest BCUT2D eigenvalue weighted by Crippen LogP contribution is -2.10. The second kappa shape index (κ2) is 6.65. The summed E-state index contributed by atoms with van der Waals surface area (Å²) in [6.07, 6.45) is 4.35. The van der Waals surface area contributed by atoms with E-state index in [1.807, 2.05) is 42.5 Å². The SMILES string of the molecule is COC(=O)c1cc2c(c(OCc3ccccc3)c1)CCCC2. The highest BCUT2D eigenvalue weighted by atomic mass is 16.5. The van der Waals surface area contributed by atoms with E-state index < -0.39 is 0 Å². The lowest BCUT2D eigenvalue weighted by atomic mass is 9.89. The van der Waals surface area contributed by atoms with Crippen LogP contribution in [-0.2, 0) is 24.2 Å². The van der Waals surface area contributed by atoms with Crippen molar-refractivity contribution in [1.29, 1.82) is 0 Å². The first-order valence-corrected chi connectivity index (χ1v) is 7.69. The first-order chi connectivity index (χ1) is 10.8. The van der Waals surface area contributed by atoms with Gasteiger partial charge in [-0.05, 0) is 54.5 Å². The monoisotopic (exact) mass is 296 g/mol. The molecule has 3 nitrogen and oxygen atoms in total. The van der Waals surface area contributed by atoms with E-state index in [-0.39, 0.29) is 5.97 Å². The number of benzene rings is 2. The van der Waals surface area contributed by atoms with Crippen LogP contribution < -0.4 is 4.74 Å². The molecule has 0 radical (unpaired) electrons. The number of carbonyl (C=O) groups is 1. The molecule has 114 valence electrons. The van der Waals surface area contributed by atoms with Crippen molar-refractivity contribution in [3.8, 4) is 5.75 Å². The number of rotatable bonds is 4. The van der Waals surface area contributed by atoms with Gasteiger partial charge in [-0.2, -0.15) is 0 Å². The molecule has 2 aromatic rings. The summed E-state index contributed by atoms with van der Waals surface area (Å²) in [5, 5.41) is 0. The van der Waals surface area contributed by atoms with E-state index in [9.17, 15) is 4.79 Å². The molecule has 0 fully saturated rings. The Bertz CT molecular complexity index is 662. The third kappa shape index (κ3) is 3.14. The van der Waals surface area contributed by atoms with Crippen LogP contribution in [0.5, 0.6) is 5.75 Å². The minimum atomic E-state index is -0.307. The fraction of sp³-hybridized carbons (Fsp3) is 0.316. The Labute approximate surface area is 130 Å². The van der Waals surface area contributed by atoms with Gasteiger partial charge in [-0.15, -0.1) is 0 Å². The molecule has 0 spiro atoms. The molecule has 1 aliphatic rings. The quantitative estimate of drug-likeness (QED) is 0.802. The lowest BCUT2D eigenvalue weighted by Gasteiger charge is -2.21. The van der Waals surface area contributed by atoms with Crippen molar-refractivity contribution in [1.82, 2.24) is 0 Å². The molecule has 2 aromatic carbocycles. The third-order valence-corrected chi connectivity index (χ3v) is 4.08. The maximum absolute atomic E-state index is 11.8. The van der Waals surface area contributed by atoms with Crippen LogP contribution in [0.3, 0.4) is 0 Å². The number of esters is 1. The van der Waals surface area contributed by atoms with Crippen LogP contribution in [0, 0.1) is 0 Å². The summed E-state index contributed by atoms with van der Waals surface area (Å²) in [7, 11) is 1.41. The molecule has 1 aliphatic carbocycles. The van der Waals surface area contributed by atoms with Crippen molar-refractivity contribution in [2.24, 2.45) is 0 Å². The van der Waals surface area contributed by atoms with Crippen LogP contribution in [0.4, 0.5) is 0 Å². The highest BCUT2D eigenvalue weighted by Crippen LogP contribution is 2.32. The summed E-state index contributed by atoms with van der Waals surface area (Å²) in [4.78, 5) is 11.8. The van der Waals surface area contributed by atoms with Crippen LogP contribution in [0.1, 0.15) is 39.9 Å². The number of fused-ring (bicyclic) bond motifs is 1. The van der Waals surface area contributed by atoms with Gasteiger partial charge in [-0.3, -0.25) is 0 Å². The number of aryl methyl sites for hydroxylation is 1. The number of carbonyl (C=O) groups excluding carboxylic acids is 1. The second-order valence-electron chi connectivity index (χ2n) is 5.59. The predicted octanol–water partition coefficient (Wildman–Crippen LogP) is 3.93. The third-order valence-electron chi connectivity index (χ3n) is 4.08. The Kier molecular flexibility index (Phi) is 4.42. The van der Waals surface area contributed by atoms with Crippen LogP contribution in [0.15, 0.2) is 42.5 Å². The largest absolute Gasteiger partial charge is 0.489 e. The molecule has 0 saturated carbocycles. The summed E-state index contributed by atoms with van der Waals surface area (Å²) < 4.78 is 10.9. The maximum atomic E-state index is 11.8. The van der Waals surface area contributed by atoms with E-state index in [0.29, 0.717) is 12.2 Å². The second-order valence-corrected chi connectivity index (χ2v) is 5.59. The van der Waals surface area contributed by atoms with E-state index in [0.717, 1.165) is 30.6 Å². The fourth-order valence-electron chi connectivity index (χ4n) is 2.93. The van der Waals surface area contributed by atoms with E-state index in [2.05, 4.69) is 0 Å². The topological polar surface area (TPSA) is 35.5 Å². The molecule has 0 N–H and O–H groups in total. The van der Waals surface area contributed by atoms with Gasteiger partial charge in [0.15, 0.2) is 0 Å². The Morgan fingerprint density at radius 1 is 1.09 bits per heavy atom. The van der Waals surface area contributed by atoms with Gasteiger partial charge < -0.3 is 9.47 Å². The van der Waals surface area contributed by atoms with Gasteiger partial charge >= 0.3 is 5.97 Å². The van der Waals surface area contributed by atoms with E-state index in [1.54, 1.807) is 0 Å². The molecule has 22 heavy (non-hydrogen) atoms. The Morgan fingerprint density at radius 3 is 2.64 bits per heavy atom. The minimum absolute atomic E-state index is 0.307. The van der Waals surface area contributed by atoms with Gasteiger partial charge in [0, 0.05) is 0 Å². The zero-order valence-corrected chi connectivity index (χ0v) is 12.8. The average molecular weight is 296 g/mol. The smallest absolute Gasteiger partial charge is 0.337 e. The standard InChI is InChI=1S/C19H20O3/c1-21-19(20)16-11-15-9-5-6-10-17(15)18(12-16)22-13-14-7-3-2-4-8-14/h2-4,7-8,11-12H,5-6,9-10,13H2,1H3. The Morgan fingerprint density at radius 2 is 1.86 bits per heavy atom. The minimum Gasteiger partial charge on any atom is -0.489 e. The van der Waals surface area contributed by atoms with Crippen molar-refractivity contribution < 1.29 is 14.3 Å². The normalized spacial score (nSPS) is 13.3. The van der Waals surface area contributed by atoms with Crippen molar-refractivity contribution in [2.45, 2.75) is 32.3 Å². The fourth-order valence-corrected chi connectivity index (χ4v) is 2.93. The first kappa shape index (κ1) is 14.6. The number of hydrogen-bond acceptors (Lipinski definition) is 3. The van der Waals surface area contributed by atoms with Gasteiger partial charge in [0.2, 0.25) is 0 Å². The van der Waals surface area contributed by atoms with Gasteiger partial charge in [0.1, 0.15) is 12.4 Å². The van der Waals surface area contributed by atoms with Gasteiger partial charge in [-0.25, -0.2) is 4.79 Å². The maximum Gasteiger partial charge on any atom is 0.337 e. The van der Waals surface area contributed by atoms with Crippen molar-refractivity contribution in [3.05, 3.63) is 64.7 Å². The Balaban J connectivity index is 1.89. The highest BCUT2D eigenvalue weighted by molar-refractivity contribution is 5.90. The van der Waals surface area contributed by atoms with Crippen molar-refractivity contribution in [2.75, 3.05) is 7.11 Å². The molecule has 0 unspecified atom stereocenters. The summed E-state index contributed by atoms with van der Waals surface area (Å²) in [5.41, 5.74) is 4.16. The van der Waals surface area contributed by atoms with E-state index in [4.69, 9.17) is 9.47 Å². The molecule has 0 aromatic heterocycles. The van der Waals surface area contributed by atoms with E-state index in [1.165, 1.54) is 24.7 Å². The summed E-state index contributed by atoms with van der Waals surface area (Å²) >= 11 is 0. The molecule has 0 bridgehead atoms. The first-order valence-electron chi connectivity index (χ1n) is 7.69. The van der Waals surface area contributed by atoms with Crippen LogP contribution in [0.25, 0.3) is 0 Å². The van der Waals surface area contributed by atoms with Crippen LogP contribution >= 0.6 is 0 Å².